The Labute approximate surface area is 303 Å². The molecule has 4 nitrogen and oxygen atoms in total. The van der Waals surface area contributed by atoms with E-state index >= 15 is 0 Å². The molecule has 1 aromatic heterocycles. The topological polar surface area (TPSA) is 49.9 Å². The summed E-state index contributed by atoms with van der Waals surface area (Å²) in [5.74, 6) is 1.46. The van der Waals surface area contributed by atoms with E-state index in [-0.39, 0.29) is 0 Å². The highest BCUT2D eigenvalue weighted by atomic mass is 16.3. The van der Waals surface area contributed by atoms with E-state index in [0.29, 0.717) is 5.84 Å². The first-order valence-electron chi connectivity index (χ1n) is 17.6. The van der Waals surface area contributed by atoms with Gasteiger partial charge in [0.05, 0.1) is 0 Å². The van der Waals surface area contributed by atoms with Crippen LogP contribution in [0, 0.1) is 6.92 Å². The van der Waals surface area contributed by atoms with E-state index in [4.69, 9.17) is 14.4 Å². The van der Waals surface area contributed by atoms with Crippen molar-refractivity contribution >= 4 is 45.3 Å². The molecule has 0 spiro atoms. The number of hydrogen-bond acceptors (Lipinski definition) is 4. The van der Waals surface area contributed by atoms with Crippen LogP contribution in [0.25, 0.3) is 44.7 Å². The molecule has 0 radical (unpaired) electrons. The van der Waals surface area contributed by atoms with Crippen molar-refractivity contribution in [2.24, 2.45) is 9.98 Å². The summed E-state index contributed by atoms with van der Waals surface area (Å²) in [7, 11) is 0. The van der Waals surface area contributed by atoms with E-state index in [1.807, 2.05) is 30.3 Å². The first kappa shape index (κ1) is 31.2. The summed E-state index contributed by atoms with van der Waals surface area (Å²) in [6.45, 7) is 2.16. The highest BCUT2D eigenvalue weighted by Gasteiger charge is 2.25. The van der Waals surface area contributed by atoms with Crippen molar-refractivity contribution in [1.29, 1.82) is 0 Å². The molecule has 7 aromatic carbocycles. The molecule has 0 amide bonds. The van der Waals surface area contributed by atoms with Crippen molar-refractivity contribution in [3.8, 4) is 11.1 Å². The largest absolute Gasteiger partial charge is 0.455 e. The van der Waals surface area contributed by atoms with Gasteiger partial charge in [-0.25, -0.2) is 9.98 Å². The number of amidine groups is 2. The quantitative estimate of drug-likeness (QED) is 0.172. The second-order valence-electron chi connectivity index (χ2n) is 13.1. The van der Waals surface area contributed by atoms with Gasteiger partial charge in [0, 0.05) is 33.0 Å². The van der Waals surface area contributed by atoms with Crippen LogP contribution >= 0.6 is 0 Å². The molecule has 0 saturated carbocycles. The van der Waals surface area contributed by atoms with Crippen molar-refractivity contribution in [1.82, 2.24) is 5.32 Å². The zero-order valence-electron chi connectivity index (χ0n) is 28.7. The molecule has 248 valence electrons. The number of aliphatic imine (C=N–C) groups is 2. The van der Waals surface area contributed by atoms with Crippen LogP contribution in [0.1, 0.15) is 45.1 Å². The molecule has 1 N–H and O–H groups in total. The zero-order chi connectivity index (χ0) is 34.9. The van der Waals surface area contributed by atoms with Gasteiger partial charge in [-0.05, 0) is 52.5 Å². The normalized spacial score (nSPS) is 14.6. The van der Waals surface area contributed by atoms with Gasteiger partial charge in [0.15, 0.2) is 5.84 Å². The molecule has 1 unspecified atom stereocenters. The monoisotopic (exact) mass is 669 g/mol. The van der Waals surface area contributed by atoms with Gasteiger partial charge in [-0.2, -0.15) is 0 Å². The molecule has 0 saturated heterocycles. The van der Waals surface area contributed by atoms with Crippen molar-refractivity contribution in [3.05, 3.63) is 215 Å². The Morgan fingerprint density at radius 1 is 0.577 bits per heavy atom. The molecular weight excluding hydrogens is 635 g/mol. The van der Waals surface area contributed by atoms with E-state index in [1.54, 1.807) is 0 Å². The van der Waals surface area contributed by atoms with Gasteiger partial charge in [-0.3, -0.25) is 0 Å². The molecule has 52 heavy (non-hydrogen) atoms. The van der Waals surface area contributed by atoms with Crippen molar-refractivity contribution in [3.63, 3.8) is 0 Å². The second-order valence-corrected chi connectivity index (χ2v) is 13.1. The highest BCUT2D eigenvalue weighted by Crippen LogP contribution is 2.41. The standard InChI is InChI=1S/C48H35N3O/c1-32-15-11-12-22-38(32)42(31-33-16-5-2-6-17-33)39-23-13-24-40-44-41(25-14-26-43(44)52-45(39)40)48-50-46(36-20-9-4-10-21-36)49-47(51-48)37-29-27-35(28-30-37)34-18-7-3-8-19-34/h2-31,48H,1H3,(H,49,50,51)/b42-31+. The lowest BCUT2D eigenvalue weighted by Crippen LogP contribution is -2.33. The molecule has 9 rings (SSSR count). The van der Waals surface area contributed by atoms with Crippen LogP contribution in [0.2, 0.25) is 0 Å². The fourth-order valence-electron chi connectivity index (χ4n) is 7.13. The van der Waals surface area contributed by atoms with Gasteiger partial charge in [0.1, 0.15) is 23.2 Å². The molecule has 0 fully saturated rings. The smallest absolute Gasteiger partial charge is 0.159 e. The van der Waals surface area contributed by atoms with Gasteiger partial charge in [0.2, 0.25) is 0 Å². The maximum absolute atomic E-state index is 6.83. The lowest BCUT2D eigenvalue weighted by atomic mass is 9.91. The molecule has 4 heteroatoms. The molecule has 2 heterocycles. The van der Waals surface area contributed by atoms with Gasteiger partial charge >= 0.3 is 0 Å². The fraction of sp³-hybridized carbons (Fsp3) is 0.0417. The van der Waals surface area contributed by atoms with Gasteiger partial charge in [-0.1, -0.05) is 170 Å². The van der Waals surface area contributed by atoms with Crippen LogP contribution in [0.15, 0.2) is 190 Å². The van der Waals surface area contributed by atoms with E-state index < -0.39 is 6.17 Å². The molecular formula is C48H35N3O. The third-order valence-electron chi connectivity index (χ3n) is 9.73. The molecule has 8 aromatic rings. The van der Waals surface area contributed by atoms with E-state index in [0.717, 1.165) is 66.7 Å². The average Bonchev–Trinajstić information content (AvgIpc) is 3.61. The Hall–Kier alpha value is -6.78. The number of para-hydroxylation sites is 1. The Kier molecular flexibility index (Phi) is 8.11. The predicted molar refractivity (Wildman–Crippen MR) is 216 cm³/mol. The lowest BCUT2D eigenvalue weighted by molar-refractivity contribution is 0.661. The first-order valence-corrected chi connectivity index (χ1v) is 17.6. The first-order chi connectivity index (χ1) is 25.7. The van der Waals surface area contributed by atoms with Crippen molar-refractivity contribution < 1.29 is 4.42 Å². The number of furan rings is 1. The van der Waals surface area contributed by atoms with Crippen LogP contribution < -0.4 is 5.32 Å². The van der Waals surface area contributed by atoms with E-state index in [9.17, 15) is 0 Å². The van der Waals surface area contributed by atoms with Crippen LogP contribution in [0.5, 0.6) is 0 Å². The summed E-state index contributed by atoms with van der Waals surface area (Å²) in [6, 6.07) is 60.9. The van der Waals surface area contributed by atoms with Crippen LogP contribution in [-0.2, 0) is 0 Å². The van der Waals surface area contributed by atoms with E-state index in [2.05, 4.69) is 164 Å². The summed E-state index contributed by atoms with van der Waals surface area (Å²) < 4.78 is 6.83. The molecule has 1 atom stereocenters. The van der Waals surface area contributed by atoms with Crippen LogP contribution in [0.4, 0.5) is 0 Å². The maximum atomic E-state index is 6.83. The van der Waals surface area contributed by atoms with Gasteiger partial charge in [0.25, 0.3) is 0 Å². The fourth-order valence-corrected chi connectivity index (χ4v) is 7.13. The molecule has 1 aliphatic heterocycles. The van der Waals surface area contributed by atoms with Crippen LogP contribution in [-0.4, -0.2) is 11.7 Å². The summed E-state index contributed by atoms with van der Waals surface area (Å²) in [6.07, 6.45) is 1.86. The van der Waals surface area contributed by atoms with Gasteiger partial charge in [-0.15, -0.1) is 0 Å². The summed E-state index contributed by atoms with van der Waals surface area (Å²) >= 11 is 0. The number of hydrogen-bond donors (Lipinski definition) is 1. The summed E-state index contributed by atoms with van der Waals surface area (Å²) in [5.41, 5.74) is 12.7. The number of aryl methyl sites for hydroxylation is 1. The molecule has 0 aliphatic carbocycles. The lowest BCUT2D eigenvalue weighted by Gasteiger charge is -2.24. The second kappa shape index (κ2) is 13.5. The average molecular weight is 670 g/mol. The van der Waals surface area contributed by atoms with Crippen LogP contribution in [0.3, 0.4) is 0 Å². The van der Waals surface area contributed by atoms with Gasteiger partial charge < -0.3 is 9.73 Å². The number of nitrogens with one attached hydrogen (secondary N) is 1. The highest BCUT2D eigenvalue weighted by molar-refractivity contribution is 6.15. The molecule has 0 bridgehead atoms. The summed E-state index contributed by atoms with van der Waals surface area (Å²) in [5, 5.41) is 5.79. The Morgan fingerprint density at radius 2 is 1.19 bits per heavy atom. The number of nitrogens with zero attached hydrogens (tertiary/aromatic N) is 2. The predicted octanol–water partition coefficient (Wildman–Crippen LogP) is 11.6. The Morgan fingerprint density at radius 3 is 1.94 bits per heavy atom. The van der Waals surface area contributed by atoms with Crippen molar-refractivity contribution in [2.45, 2.75) is 13.1 Å². The third-order valence-corrected chi connectivity index (χ3v) is 9.73. The number of rotatable bonds is 7. The van der Waals surface area contributed by atoms with Crippen molar-refractivity contribution in [2.75, 3.05) is 0 Å². The number of benzene rings is 7. The maximum Gasteiger partial charge on any atom is 0.159 e. The SMILES string of the molecule is Cc1ccccc1/C(=C\c1ccccc1)c1cccc2c1oc1cccc(C3N=C(c4ccccc4)N=C(c4ccc(-c5ccccc5)cc4)N3)c12. The van der Waals surface area contributed by atoms with E-state index in [1.165, 1.54) is 16.7 Å². The number of fused-ring (bicyclic) bond motifs is 3. The third kappa shape index (κ3) is 5.91. The summed E-state index contributed by atoms with van der Waals surface area (Å²) in [4.78, 5) is 10.3. The Balaban J connectivity index is 1.18. The Bertz CT molecular complexity index is 2640. The minimum Gasteiger partial charge on any atom is -0.455 e. The minimum absolute atomic E-state index is 0.402. The minimum atomic E-state index is -0.402. The molecule has 1 aliphatic rings. The zero-order valence-corrected chi connectivity index (χ0v) is 28.7.